The molecule has 0 atom stereocenters. The van der Waals surface area contributed by atoms with Crippen LogP contribution in [0.2, 0.25) is 0 Å². The van der Waals surface area contributed by atoms with Gasteiger partial charge in [-0.1, -0.05) is 0 Å². The van der Waals surface area contributed by atoms with Gasteiger partial charge in [0.1, 0.15) is 11.6 Å². The second kappa shape index (κ2) is 4.29. The van der Waals surface area contributed by atoms with Gasteiger partial charge in [-0.05, 0) is 55.8 Å². The van der Waals surface area contributed by atoms with Crippen LogP contribution in [0, 0.1) is 11.6 Å². The Morgan fingerprint density at radius 2 is 1.50 bits per heavy atom. The molecule has 1 saturated heterocycles. The molecule has 18 heavy (non-hydrogen) atoms. The molecule has 0 aromatic heterocycles. The standard InChI is InChI=1S/C12H14BBrF2O2/c1-11(2)12(3,4)18-13(17-11)7-5-10(16)8(14)6-9(7)15/h5-6H,1-4H3. The maximum atomic E-state index is 13.8. The second-order valence-electron chi connectivity index (χ2n) is 5.38. The molecule has 1 aromatic rings. The minimum Gasteiger partial charge on any atom is -0.399 e. The van der Waals surface area contributed by atoms with Crippen LogP contribution in [0.3, 0.4) is 0 Å². The summed E-state index contributed by atoms with van der Waals surface area (Å²) in [6.45, 7) is 7.44. The smallest absolute Gasteiger partial charge is 0.399 e. The quantitative estimate of drug-likeness (QED) is 0.585. The summed E-state index contributed by atoms with van der Waals surface area (Å²) in [5, 5.41) is 0. The van der Waals surface area contributed by atoms with E-state index in [1.54, 1.807) is 0 Å². The largest absolute Gasteiger partial charge is 0.497 e. The van der Waals surface area contributed by atoms with Gasteiger partial charge in [0.25, 0.3) is 0 Å². The summed E-state index contributed by atoms with van der Waals surface area (Å²) >= 11 is 2.94. The van der Waals surface area contributed by atoms with Gasteiger partial charge in [-0.25, -0.2) is 8.78 Å². The van der Waals surface area contributed by atoms with Crippen molar-refractivity contribution in [3.8, 4) is 0 Å². The van der Waals surface area contributed by atoms with E-state index in [1.807, 2.05) is 27.7 Å². The van der Waals surface area contributed by atoms with Crippen LogP contribution in [-0.2, 0) is 9.31 Å². The first-order valence-electron chi connectivity index (χ1n) is 5.64. The fourth-order valence-corrected chi connectivity index (χ4v) is 2.00. The van der Waals surface area contributed by atoms with Gasteiger partial charge in [0.15, 0.2) is 0 Å². The van der Waals surface area contributed by atoms with Gasteiger partial charge in [-0.15, -0.1) is 0 Å². The van der Waals surface area contributed by atoms with Crippen LogP contribution in [0.25, 0.3) is 0 Å². The average molecular weight is 319 g/mol. The fourth-order valence-electron chi connectivity index (χ4n) is 1.69. The van der Waals surface area contributed by atoms with E-state index in [4.69, 9.17) is 9.31 Å². The third-order valence-corrected chi connectivity index (χ3v) is 4.15. The van der Waals surface area contributed by atoms with Gasteiger partial charge in [-0.2, -0.15) is 0 Å². The maximum Gasteiger partial charge on any atom is 0.497 e. The zero-order valence-corrected chi connectivity index (χ0v) is 12.3. The van der Waals surface area contributed by atoms with Crippen molar-refractivity contribution in [2.24, 2.45) is 0 Å². The van der Waals surface area contributed by atoms with Crippen LogP contribution in [0.4, 0.5) is 8.78 Å². The fraction of sp³-hybridized carbons (Fsp3) is 0.500. The molecular formula is C12H14BBrF2O2. The summed E-state index contributed by atoms with van der Waals surface area (Å²) in [7, 11) is -0.891. The van der Waals surface area contributed by atoms with E-state index in [0.29, 0.717) is 0 Å². The van der Waals surface area contributed by atoms with Crippen molar-refractivity contribution in [1.82, 2.24) is 0 Å². The van der Waals surface area contributed by atoms with Crippen molar-refractivity contribution in [2.45, 2.75) is 38.9 Å². The van der Waals surface area contributed by atoms with Crippen molar-refractivity contribution < 1.29 is 18.1 Å². The molecule has 1 aliphatic heterocycles. The molecule has 1 fully saturated rings. The molecule has 98 valence electrons. The molecule has 2 nitrogen and oxygen atoms in total. The Bertz CT molecular complexity index is 475. The summed E-state index contributed by atoms with van der Waals surface area (Å²) in [6.07, 6.45) is 0. The Labute approximate surface area is 114 Å². The average Bonchev–Trinajstić information content (AvgIpc) is 2.42. The van der Waals surface area contributed by atoms with Gasteiger partial charge >= 0.3 is 7.12 Å². The summed E-state index contributed by atoms with van der Waals surface area (Å²) in [5.74, 6) is -1.09. The number of hydrogen-bond donors (Lipinski definition) is 0. The Hall–Kier alpha value is -0.455. The lowest BCUT2D eigenvalue weighted by atomic mass is 9.78. The third kappa shape index (κ3) is 2.21. The summed E-state index contributed by atoms with van der Waals surface area (Å²) < 4.78 is 38.7. The minimum absolute atomic E-state index is 0.0781. The van der Waals surface area contributed by atoms with Crippen LogP contribution >= 0.6 is 15.9 Å². The van der Waals surface area contributed by atoms with Gasteiger partial charge in [0.2, 0.25) is 0 Å². The Morgan fingerprint density at radius 3 is 2.00 bits per heavy atom. The van der Waals surface area contributed by atoms with Crippen LogP contribution in [0.15, 0.2) is 16.6 Å². The molecule has 0 spiro atoms. The molecule has 0 unspecified atom stereocenters. The van der Waals surface area contributed by atoms with E-state index >= 15 is 0 Å². The van der Waals surface area contributed by atoms with Crippen LogP contribution in [0.1, 0.15) is 27.7 Å². The Kier molecular flexibility index (Phi) is 3.32. The van der Waals surface area contributed by atoms with E-state index in [2.05, 4.69) is 15.9 Å². The lowest BCUT2D eigenvalue weighted by molar-refractivity contribution is 0.00578. The topological polar surface area (TPSA) is 18.5 Å². The Balaban J connectivity index is 2.38. The Morgan fingerprint density at radius 1 is 1.00 bits per heavy atom. The van der Waals surface area contributed by atoms with Crippen molar-refractivity contribution in [1.29, 1.82) is 0 Å². The molecule has 0 saturated carbocycles. The minimum atomic E-state index is -0.891. The summed E-state index contributed by atoms with van der Waals surface area (Å²) in [5.41, 5.74) is -1.07. The van der Waals surface area contributed by atoms with E-state index in [9.17, 15) is 8.78 Å². The number of benzene rings is 1. The van der Waals surface area contributed by atoms with E-state index in [1.165, 1.54) is 0 Å². The first-order chi connectivity index (χ1) is 8.14. The molecule has 0 aliphatic carbocycles. The van der Waals surface area contributed by atoms with Gasteiger partial charge in [-0.3, -0.25) is 0 Å². The molecular weight excluding hydrogens is 305 g/mol. The highest BCUT2D eigenvalue weighted by Gasteiger charge is 2.52. The summed E-state index contributed by atoms with van der Waals surface area (Å²) in [4.78, 5) is 0. The van der Waals surface area contributed by atoms with E-state index in [0.717, 1.165) is 12.1 Å². The molecule has 2 rings (SSSR count). The molecule has 1 heterocycles. The zero-order valence-electron chi connectivity index (χ0n) is 10.7. The van der Waals surface area contributed by atoms with E-state index in [-0.39, 0.29) is 9.94 Å². The molecule has 1 aliphatic rings. The van der Waals surface area contributed by atoms with Crippen molar-refractivity contribution in [2.75, 3.05) is 0 Å². The number of hydrogen-bond acceptors (Lipinski definition) is 2. The first kappa shape index (κ1) is 14.0. The lowest BCUT2D eigenvalue weighted by Crippen LogP contribution is -2.41. The molecule has 6 heteroatoms. The predicted molar refractivity (Wildman–Crippen MR) is 69.8 cm³/mol. The zero-order chi connectivity index (χ0) is 13.7. The van der Waals surface area contributed by atoms with E-state index < -0.39 is 30.0 Å². The van der Waals surface area contributed by atoms with Crippen molar-refractivity contribution in [3.63, 3.8) is 0 Å². The van der Waals surface area contributed by atoms with Crippen LogP contribution in [0.5, 0.6) is 0 Å². The summed E-state index contributed by atoms with van der Waals surface area (Å²) in [6, 6.07) is 2.18. The molecule has 0 N–H and O–H groups in total. The highest BCUT2D eigenvalue weighted by molar-refractivity contribution is 9.10. The van der Waals surface area contributed by atoms with Crippen molar-refractivity contribution in [3.05, 3.63) is 28.2 Å². The second-order valence-corrected chi connectivity index (χ2v) is 6.23. The van der Waals surface area contributed by atoms with Crippen LogP contribution in [-0.4, -0.2) is 18.3 Å². The first-order valence-corrected chi connectivity index (χ1v) is 6.43. The number of halogens is 3. The van der Waals surface area contributed by atoms with Crippen molar-refractivity contribution >= 4 is 28.5 Å². The van der Waals surface area contributed by atoms with Gasteiger partial charge in [0, 0.05) is 5.46 Å². The highest BCUT2D eigenvalue weighted by atomic mass is 79.9. The van der Waals surface area contributed by atoms with Crippen LogP contribution < -0.4 is 5.46 Å². The van der Waals surface area contributed by atoms with Gasteiger partial charge in [0.05, 0.1) is 15.7 Å². The molecule has 0 amide bonds. The molecule has 1 aromatic carbocycles. The third-order valence-electron chi connectivity index (χ3n) is 3.55. The predicted octanol–water partition coefficient (Wildman–Crippen LogP) is 3.03. The van der Waals surface area contributed by atoms with Gasteiger partial charge < -0.3 is 9.31 Å². The highest BCUT2D eigenvalue weighted by Crippen LogP contribution is 2.36. The molecule has 0 radical (unpaired) electrons. The lowest BCUT2D eigenvalue weighted by Gasteiger charge is -2.32. The molecule has 0 bridgehead atoms. The SMILES string of the molecule is CC1(C)OB(c2cc(F)c(Br)cc2F)OC1(C)C. The number of rotatable bonds is 1. The maximum absolute atomic E-state index is 13.8. The normalized spacial score (nSPS) is 21.4. The monoisotopic (exact) mass is 318 g/mol.